The summed E-state index contributed by atoms with van der Waals surface area (Å²) in [6.07, 6.45) is 16.5. The molecule has 1 aromatic carbocycles. The number of hydrogen-bond acceptors (Lipinski definition) is 3. The molecule has 0 amide bonds. The SMILES string of the molecule is CCC1(CCCCc2c(O)cc(O)c(O)c2CCCCCC2(C)CC2)CC1. The van der Waals surface area contributed by atoms with Crippen molar-refractivity contribution in [2.75, 3.05) is 0 Å². The van der Waals surface area contributed by atoms with E-state index in [4.69, 9.17) is 0 Å². The zero-order valence-corrected chi connectivity index (χ0v) is 17.3. The Balaban J connectivity index is 1.52. The number of benzene rings is 1. The quantitative estimate of drug-likeness (QED) is 0.219. The van der Waals surface area contributed by atoms with Gasteiger partial charge in [-0.15, -0.1) is 0 Å². The second-order valence-electron chi connectivity index (χ2n) is 9.65. The van der Waals surface area contributed by atoms with Crippen molar-refractivity contribution in [3.8, 4) is 17.2 Å². The molecule has 27 heavy (non-hydrogen) atoms. The average molecular weight is 375 g/mol. The molecule has 0 heterocycles. The van der Waals surface area contributed by atoms with E-state index in [-0.39, 0.29) is 17.2 Å². The van der Waals surface area contributed by atoms with Gasteiger partial charge in [-0.05, 0) is 75.0 Å². The molecule has 2 aliphatic rings. The summed E-state index contributed by atoms with van der Waals surface area (Å²) < 4.78 is 0. The maximum absolute atomic E-state index is 10.4. The zero-order chi connectivity index (χ0) is 19.5. The maximum atomic E-state index is 10.4. The van der Waals surface area contributed by atoms with Crippen LogP contribution in [0.5, 0.6) is 17.2 Å². The first kappa shape index (κ1) is 20.4. The topological polar surface area (TPSA) is 60.7 Å². The van der Waals surface area contributed by atoms with Gasteiger partial charge in [0.25, 0.3) is 0 Å². The smallest absolute Gasteiger partial charge is 0.161 e. The van der Waals surface area contributed by atoms with E-state index < -0.39 is 0 Å². The normalized spacial score (nSPS) is 19.2. The van der Waals surface area contributed by atoms with Gasteiger partial charge in [-0.1, -0.05) is 39.5 Å². The molecule has 0 spiro atoms. The summed E-state index contributed by atoms with van der Waals surface area (Å²) in [5.74, 6) is -0.0775. The number of hydrogen-bond donors (Lipinski definition) is 3. The Morgan fingerprint density at radius 1 is 0.778 bits per heavy atom. The molecule has 2 aliphatic carbocycles. The third-order valence-electron chi connectivity index (χ3n) is 7.38. The van der Waals surface area contributed by atoms with Crippen LogP contribution in [0.25, 0.3) is 0 Å². The molecule has 3 N–H and O–H groups in total. The molecule has 152 valence electrons. The van der Waals surface area contributed by atoms with Gasteiger partial charge in [-0.2, -0.15) is 0 Å². The van der Waals surface area contributed by atoms with Crippen LogP contribution in [-0.4, -0.2) is 15.3 Å². The van der Waals surface area contributed by atoms with Crippen LogP contribution >= 0.6 is 0 Å². The van der Waals surface area contributed by atoms with Gasteiger partial charge >= 0.3 is 0 Å². The van der Waals surface area contributed by atoms with Gasteiger partial charge < -0.3 is 15.3 Å². The Morgan fingerprint density at radius 3 is 2.04 bits per heavy atom. The average Bonchev–Trinajstić information content (AvgIpc) is 3.56. The molecular formula is C24H38O3. The van der Waals surface area contributed by atoms with E-state index in [0.717, 1.165) is 43.2 Å². The van der Waals surface area contributed by atoms with Gasteiger partial charge in [-0.25, -0.2) is 0 Å². The fraction of sp³-hybridized carbons (Fsp3) is 0.750. The van der Waals surface area contributed by atoms with Crippen LogP contribution in [0.2, 0.25) is 0 Å². The molecule has 3 nitrogen and oxygen atoms in total. The van der Waals surface area contributed by atoms with Crippen LogP contribution in [0.15, 0.2) is 6.07 Å². The van der Waals surface area contributed by atoms with E-state index in [9.17, 15) is 15.3 Å². The Labute approximate surface area is 164 Å². The first-order valence-electron chi connectivity index (χ1n) is 11.1. The highest BCUT2D eigenvalue weighted by Crippen LogP contribution is 2.52. The minimum atomic E-state index is -0.195. The van der Waals surface area contributed by atoms with Crippen LogP contribution in [0.3, 0.4) is 0 Å². The van der Waals surface area contributed by atoms with Crippen LogP contribution in [0.1, 0.15) is 102 Å². The van der Waals surface area contributed by atoms with E-state index in [2.05, 4.69) is 13.8 Å². The molecule has 0 unspecified atom stereocenters. The molecule has 0 aromatic heterocycles. The van der Waals surface area contributed by atoms with Crippen LogP contribution < -0.4 is 0 Å². The molecular weight excluding hydrogens is 336 g/mol. The highest BCUT2D eigenvalue weighted by Gasteiger charge is 2.39. The van der Waals surface area contributed by atoms with Crippen molar-refractivity contribution < 1.29 is 15.3 Å². The van der Waals surface area contributed by atoms with Gasteiger partial charge in [0, 0.05) is 17.2 Å². The van der Waals surface area contributed by atoms with Crippen molar-refractivity contribution in [1.82, 2.24) is 0 Å². The maximum Gasteiger partial charge on any atom is 0.161 e. The molecule has 0 atom stereocenters. The second-order valence-corrected chi connectivity index (χ2v) is 9.65. The lowest BCUT2D eigenvalue weighted by atomic mass is 9.91. The summed E-state index contributed by atoms with van der Waals surface area (Å²) in [4.78, 5) is 0. The molecule has 0 radical (unpaired) electrons. The minimum Gasteiger partial charge on any atom is -0.508 e. The van der Waals surface area contributed by atoms with Gasteiger partial charge in [0.15, 0.2) is 11.5 Å². The Morgan fingerprint density at radius 2 is 1.41 bits per heavy atom. The van der Waals surface area contributed by atoms with Crippen molar-refractivity contribution in [1.29, 1.82) is 0 Å². The van der Waals surface area contributed by atoms with Crippen molar-refractivity contribution in [3.63, 3.8) is 0 Å². The summed E-state index contributed by atoms with van der Waals surface area (Å²) in [6, 6.07) is 1.30. The predicted molar refractivity (Wildman–Crippen MR) is 110 cm³/mol. The molecule has 3 heteroatoms. The Hall–Kier alpha value is -1.38. The van der Waals surface area contributed by atoms with Crippen molar-refractivity contribution >= 4 is 0 Å². The molecule has 0 bridgehead atoms. The van der Waals surface area contributed by atoms with Gasteiger partial charge in [0.2, 0.25) is 0 Å². The number of rotatable bonds is 12. The molecule has 0 aliphatic heterocycles. The Bertz CT molecular complexity index is 642. The summed E-state index contributed by atoms with van der Waals surface area (Å²) in [6.45, 7) is 4.66. The first-order chi connectivity index (χ1) is 12.9. The highest BCUT2D eigenvalue weighted by atomic mass is 16.3. The lowest BCUT2D eigenvalue weighted by Gasteiger charge is -2.16. The molecule has 3 rings (SSSR count). The monoisotopic (exact) mass is 374 g/mol. The number of phenolic OH excluding ortho intramolecular Hbond substituents is 3. The predicted octanol–water partition coefficient (Wildman–Crippen LogP) is 6.61. The Kier molecular flexibility index (Phi) is 6.28. The lowest BCUT2D eigenvalue weighted by molar-refractivity contribution is 0.386. The molecule has 2 fully saturated rings. The van der Waals surface area contributed by atoms with Crippen LogP contribution in [0, 0.1) is 10.8 Å². The van der Waals surface area contributed by atoms with Crippen LogP contribution in [0.4, 0.5) is 0 Å². The molecule has 0 saturated heterocycles. The standard InChI is InChI=1S/C24H38O3/c1-3-24(15-16-24)12-8-6-9-18-19(22(27)21(26)17-20(18)25)10-5-4-7-11-23(2)13-14-23/h17,25-27H,3-16H2,1-2H3. The number of aromatic hydroxyl groups is 3. The minimum absolute atomic E-state index is 0.0239. The van der Waals surface area contributed by atoms with E-state index in [1.165, 1.54) is 63.9 Å². The zero-order valence-electron chi connectivity index (χ0n) is 17.3. The highest BCUT2D eigenvalue weighted by molar-refractivity contribution is 5.55. The van der Waals surface area contributed by atoms with Gasteiger partial charge in [0.05, 0.1) is 0 Å². The largest absolute Gasteiger partial charge is 0.508 e. The van der Waals surface area contributed by atoms with Crippen molar-refractivity contribution in [2.45, 2.75) is 104 Å². The lowest BCUT2D eigenvalue weighted by Crippen LogP contribution is -2.01. The van der Waals surface area contributed by atoms with Gasteiger partial charge in [-0.3, -0.25) is 0 Å². The van der Waals surface area contributed by atoms with Crippen molar-refractivity contribution in [2.24, 2.45) is 10.8 Å². The number of unbranched alkanes of at least 4 members (excludes halogenated alkanes) is 3. The summed E-state index contributed by atoms with van der Waals surface area (Å²) in [5.41, 5.74) is 2.83. The second kappa shape index (κ2) is 8.32. The first-order valence-corrected chi connectivity index (χ1v) is 11.1. The van der Waals surface area contributed by atoms with E-state index in [0.29, 0.717) is 10.8 Å². The van der Waals surface area contributed by atoms with E-state index in [1.54, 1.807) is 0 Å². The van der Waals surface area contributed by atoms with E-state index >= 15 is 0 Å². The molecule has 1 aromatic rings. The molecule has 2 saturated carbocycles. The third-order valence-corrected chi connectivity index (χ3v) is 7.38. The third kappa shape index (κ3) is 5.33. The number of phenols is 3. The van der Waals surface area contributed by atoms with Crippen LogP contribution in [-0.2, 0) is 12.8 Å². The van der Waals surface area contributed by atoms with Gasteiger partial charge in [0.1, 0.15) is 5.75 Å². The fourth-order valence-corrected chi connectivity index (χ4v) is 4.54. The summed E-state index contributed by atoms with van der Waals surface area (Å²) >= 11 is 0. The summed E-state index contributed by atoms with van der Waals surface area (Å²) in [7, 11) is 0. The summed E-state index contributed by atoms with van der Waals surface area (Å²) in [5, 5.41) is 30.7. The fourth-order valence-electron chi connectivity index (χ4n) is 4.54. The van der Waals surface area contributed by atoms with Crippen molar-refractivity contribution in [3.05, 3.63) is 17.2 Å². The van der Waals surface area contributed by atoms with E-state index in [1.807, 2.05) is 0 Å².